The Hall–Kier alpha value is -2.05. The van der Waals surface area contributed by atoms with Gasteiger partial charge < -0.3 is 0 Å². The maximum absolute atomic E-state index is 13.2. The molecule has 0 spiro atoms. The number of sulfonamides is 1. The Kier molecular flexibility index (Phi) is 5.25. The number of aryl methyl sites for hydroxylation is 1. The fraction of sp³-hybridized carbons (Fsp3) is 0.316. The van der Waals surface area contributed by atoms with Crippen LogP contribution < -0.4 is 9.21 Å². The van der Waals surface area contributed by atoms with E-state index in [1.807, 2.05) is 0 Å². The van der Waals surface area contributed by atoms with Crippen molar-refractivity contribution in [3.8, 4) is 0 Å². The number of unbranched alkanes of at least 4 members (excludes halogenated alkanes) is 2. The number of nitrogens with zero attached hydrogens (tertiary/aromatic N) is 2. The van der Waals surface area contributed by atoms with Crippen molar-refractivity contribution >= 4 is 39.0 Å². The van der Waals surface area contributed by atoms with E-state index in [1.54, 1.807) is 42.2 Å². The van der Waals surface area contributed by atoms with Gasteiger partial charge in [-0.2, -0.15) is 4.31 Å². The average molecular weight is 393 g/mol. The number of benzene rings is 2. The van der Waals surface area contributed by atoms with Gasteiger partial charge in [-0.25, -0.2) is 13.2 Å². The molecular weight excluding hydrogens is 372 g/mol. The average Bonchev–Trinajstić information content (AvgIpc) is 2.61. The second-order valence-corrected chi connectivity index (χ2v) is 8.50. The highest BCUT2D eigenvalue weighted by atomic mass is 35.5. The molecule has 0 aromatic heterocycles. The lowest BCUT2D eigenvalue weighted by Gasteiger charge is -2.36. The number of rotatable bonds is 5. The fourth-order valence-corrected chi connectivity index (χ4v) is 4.90. The topological polar surface area (TPSA) is 57.7 Å². The second-order valence-electron chi connectivity index (χ2n) is 6.31. The van der Waals surface area contributed by atoms with E-state index in [2.05, 4.69) is 6.92 Å². The number of fused-ring (bicyclic) bond motifs is 1. The van der Waals surface area contributed by atoms with Crippen LogP contribution in [0.2, 0.25) is 5.02 Å². The highest BCUT2D eigenvalue weighted by Crippen LogP contribution is 2.39. The van der Waals surface area contributed by atoms with Gasteiger partial charge in [-0.05, 0) is 43.2 Å². The molecule has 2 amide bonds. The molecule has 138 valence electrons. The van der Waals surface area contributed by atoms with Crippen LogP contribution in [0.3, 0.4) is 0 Å². The van der Waals surface area contributed by atoms with Crippen molar-refractivity contribution in [2.45, 2.75) is 38.0 Å². The predicted molar refractivity (Wildman–Crippen MR) is 105 cm³/mol. The van der Waals surface area contributed by atoms with Gasteiger partial charge in [-0.15, -0.1) is 0 Å². The van der Waals surface area contributed by atoms with Crippen LogP contribution in [0.25, 0.3) is 0 Å². The molecule has 5 nitrogen and oxygen atoms in total. The van der Waals surface area contributed by atoms with Gasteiger partial charge >= 0.3 is 6.03 Å². The van der Waals surface area contributed by atoms with Crippen molar-refractivity contribution in [1.82, 2.24) is 0 Å². The molecule has 7 heteroatoms. The summed E-state index contributed by atoms with van der Waals surface area (Å²) in [7, 11) is -4.00. The summed E-state index contributed by atoms with van der Waals surface area (Å²) in [5.41, 5.74) is 1.39. The minimum absolute atomic E-state index is 0.135. The van der Waals surface area contributed by atoms with Crippen molar-refractivity contribution in [2.75, 3.05) is 15.7 Å². The summed E-state index contributed by atoms with van der Waals surface area (Å²) in [6.45, 7) is 4.31. The summed E-state index contributed by atoms with van der Waals surface area (Å²) >= 11 is 6.07. The molecule has 0 bridgehead atoms. The van der Waals surface area contributed by atoms with Gasteiger partial charge in [0.1, 0.15) is 4.90 Å². The number of hydrogen-bond donors (Lipinski definition) is 0. The van der Waals surface area contributed by atoms with Gasteiger partial charge in [-0.3, -0.25) is 4.90 Å². The molecule has 0 N–H and O–H groups in total. The molecule has 0 radical (unpaired) electrons. The van der Waals surface area contributed by atoms with Crippen molar-refractivity contribution in [3.63, 3.8) is 0 Å². The van der Waals surface area contributed by atoms with Crippen LogP contribution in [0.4, 0.5) is 16.2 Å². The number of carbonyl (C=O) groups excluding carboxylic acids is 1. The molecule has 2 aromatic carbocycles. The molecule has 0 atom stereocenters. The lowest BCUT2D eigenvalue weighted by atomic mass is 10.2. The maximum atomic E-state index is 13.2. The molecule has 26 heavy (non-hydrogen) atoms. The zero-order valence-electron chi connectivity index (χ0n) is 14.8. The minimum atomic E-state index is -4.00. The van der Waals surface area contributed by atoms with E-state index >= 15 is 0 Å². The lowest BCUT2D eigenvalue weighted by Crippen LogP contribution is -2.51. The third-order valence-electron chi connectivity index (χ3n) is 4.45. The Morgan fingerprint density at radius 1 is 1.04 bits per heavy atom. The van der Waals surface area contributed by atoms with E-state index in [0.717, 1.165) is 23.6 Å². The van der Waals surface area contributed by atoms with Crippen molar-refractivity contribution in [2.24, 2.45) is 0 Å². The summed E-state index contributed by atoms with van der Waals surface area (Å²) < 4.78 is 27.3. The van der Waals surface area contributed by atoms with E-state index in [-0.39, 0.29) is 10.6 Å². The Bertz CT molecular complexity index is 944. The summed E-state index contributed by atoms with van der Waals surface area (Å²) in [4.78, 5) is 14.9. The first-order valence-corrected chi connectivity index (χ1v) is 10.4. The zero-order valence-corrected chi connectivity index (χ0v) is 16.3. The molecular formula is C19H21ClN2O3S. The number of hydrogen-bond acceptors (Lipinski definition) is 3. The van der Waals surface area contributed by atoms with Gasteiger partial charge in [0.2, 0.25) is 0 Å². The monoisotopic (exact) mass is 392 g/mol. The number of amides is 2. The van der Waals surface area contributed by atoms with Crippen LogP contribution in [-0.4, -0.2) is 21.0 Å². The van der Waals surface area contributed by atoms with Gasteiger partial charge in [0, 0.05) is 11.6 Å². The van der Waals surface area contributed by atoms with Crippen LogP contribution in [0.5, 0.6) is 0 Å². The largest absolute Gasteiger partial charge is 0.343 e. The van der Waals surface area contributed by atoms with Crippen LogP contribution in [0.15, 0.2) is 47.4 Å². The minimum Gasteiger partial charge on any atom is -0.292 e. The van der Waals surface area contributed by atoms with E-state index in [9.17, 15) is 13.2 Å². The second kappa shape index (κ2) is 7.29. The fourth-order valence-electron chi connectivity index (χ4n) is 3.08. The van der Waals surface area contributed by atoms with Gasteiger partial charge in [0.15, 0.2) is 0 Å². The van der Waals surface area contributed by atoms with Crippen LogP contribution in [0.1, 0.15) is 31.7 Å². The summed E-state index contributed by atoms with van der Waals surface area (Å²) in [5.74, 6) is 0. The molecule has 0 unspecified atom stereocenters. The Labute approximate surface area is 159 Å². The molecule has 1 aliphatic rings. The van der Waals surface area contributed by atoms with Crippen LogP contribution in [-0.2, 0) is 10.0 Å². The number of para-hydroxylation sites is 1. The van der Waals surface area contributed by atoms with Gasteiger partial charge in [0.25, 0.3) is 10.0 Å². The number of halogens is 1. The highest BCUT2D eigenvalue weighted by molar-refractivity contribution is 7.94. The molecule has 1 aliphatic heterocycles. The molecule has 2 aromatic rings. The normalized spacial score (nSPS) is 15.9. The first kappa shape index (κ1) is 18.7. The Morgan fingerprint density at radius 3 is 2.50 bits per heavy atom. The standard InChI is InChI=1S/C19H21ClN2O3S/c1-3-4-7-12-21-16-8-5-6-9-18(16)26(24,25)22(19(21)23)17-13-15(20)11-10-14(17)2/h5-6,8-11,13H,3-4,7,12H2,1-2H3. The Morgan fingerprint density at radius 2 is 1.77 bits per heavy atom. The van der Waals surface area contributed by atoms with Crippen molar-refractivity contribution < 1.29 is 13.2 Å². The van der Waals surface area contributed by atoms with Gasteiger partial charge in [-0.1, -0.05) is 49.6 Å². The van der Waals surface area contributed by atoms with Crippen molar-refractivity contribution in [1.29, 1.82) is 0 Å². The first-order valence-electron chi connectivity index (χ1n) is 8.60. The summed E-state index contributed by atoms with van der Waals surface area (Å²) in [6, 6.07) is 11.0. The first-order chi connectivity index (χ1) is 12.4. The molecule has 0 fully saturated rings. The molecule has 0 saturated heterocycles. The number of urea groups is 1. The van der Waals surface area contributed by atoms with E-state index < -0.39 is 16.1 Å². The highest BCUT2D eigenvalue weighted by Gasteiger charge is 2.42. The van der Waals surface area contributed by atoms with E-state index in [0.29, 0.717) is 22.8 Å². The van der Waals surface area contributed by atoms with Crippen LogP contribution >= 0.6 is 11.6 Å². The number of carbonyl (C=O) groups is 1. The third kappa shape index (κ3) is 3.19. The molecule has 3 rings (SSSR count). The zero-order chi connectivity index (χ0) is 18.9. The maximum Gasteiger partial charge on any atom is 0.343 e. The SMILES string of the molecule is CCCCCN1C(=O)N(c2cc(Cl)ccc2C)S(=O)(=O)c2ccccc21. The van der Waals surface area contributed by atoms with E-state index in [4.69, 9.17) is 11.6 Å². The molecule has 0 aliphatic carbocycles. The predicted octanol–water partition coefficient (Wildman–Crippen LogP) is 4.97. The van der Waals surface area contributed by atoms with E-state index in [1.165, 1.54) is 12.1 Å². The van der Waals surface area contributed by atoms with Crippen molar-refractivity contribution in [3.05, 3.63) is 53.1 Å². The van der Waals surface area contributed by atoms with Crippen LogP contribution in [0, 0.1) is 6.92 Å². The lowest BCUT2D eigenvalue weighted by molar-refractivity contribution is 0.253. The molecule has 1 heterocycles. The van der Waals surface area contributed by atoms with Gasteiger partial charge in [0.05, 0.1) is 11.4 Å². The summed E-state index contributed by atoms with van der Waals surface area (Å²) in [6.07, 6.45) is 2.78. The third-order valence-corrected chi connectivity index (χ3v) is 6.42. The Balaban J connectivity index is 2.17. The smallest absolute Gasteiger partial charge is 0.292 e. The quantitative estimate of drug-likeness (QED) is 0.674. The molecule has 0 saturated carbocycles. The summed E-state index contributed by atoms with van der Waals surface area (Å²) in [5, 5.41) is 0.380. The number of anilines is 2.